The van der Waals surface area contributed by atoms with Crippen LogP contribution < -0.4 is 4.90 Å². The zero-order valence-corrected chi connectivity index (χ0v) is 28.8. The molecule has 1 heterocycles. The average molecular weight is 677 g/mol. The Morgan fingerprint density at radius 2 is 1.02 bits per heavy atom. The lowest BCUT2D eigenvalue weighted by Crippen LogP contribution is -2.28. The topological polar surface area (TPSA) is 40.2 Å². The van der Waals surface area contributed by atoms with Crippen LogP contribution in [0.15, 0.2) is 199 Å². The van der Waals surface area contributed by atoms with Crippen LogP contribution in [-0.2, 0) is 5.41 Å². The summed E-state index contributed by atoms with van der Waals surface area (Å²) in [5, 5.41) is 11.9. The Balaban J connectivity index is 1.17. The molecule has 0 aliphatic heterocycles. The summed E-state index contributed by atoms with van der Waals surface area (Å²) >= 11 is 0. The maximum Gasteiger partial charge on any atom is 0.143 e. The summed E-state index contributed by atoms with van der Waals surface area (Å²) in [6, 6.07) is 70.9. The van der Waals surface area contributed by atoms with Crippen molar-refractivity contribution in [3.8, 4) is 28.3 Å². The lowest BCUT2D eigenvalue weighted by atomic mass is 9.67. The van der Waals surface area contributed by atoms with Gasteiger partial charge in [0.1, 0.15) is 11.2 Å². The molecule has 0 amide bonds. The molecule has 3 nitrogen and oxygen atoms in total. The Bertz CT molecular complexity index is 2790. The summed E-state index contributed by atoms with van der Waals surface area (Å²) in [5.74, 6) is 0. The molecule has 0 bridgehead atoms. The maximum absolute atomic E-state index is 9.66. The smallest absolute Gasteiger partial charge is 0.143 e. The first kappa shape index (κ1) is 30.7. The number of nitrogens with zero attached hydrogens (tertiary/aromatic N) is 2. The lowest BCUT2D eigenvalue weighted by Gasteiger charge is -2.35. The highest BCUT2D eigenvalue weighted by Crippen LogP contribution is 2.57. The van der Waals surface area contributed by atoms with E-state index in [-0.39, 0.29) is 0 Å². The molecule has 0 unspecified atom stereocenters. The van der Waals surface area contributed by atoms with Gasteiger partial charge in [0.2, 0.25) is 0 Å². The van der Waals surface area contributed by atoms with Gasteiger partial charge in [-0.25, -0.2) is 0 Å². The van der Waals surface area contributed by atoms with Crippen LogP contribution in [0, 0.1) is 11.3 Å². The number of anilines is 3. The third kappa shape index (κ3) is 4.74. The molecule has 0 atom stereocenters. The summed E-state index contributed by atoms with van der Waals surface area (Å²) in [6.45, 7) is 0. The molecule has 53 heavy (non-hydrogen) atoms. The van der Waals surface area contributed by atoms with Crippen molar-refractivity contribution in [1.29, 1.82) is 5.26 Å². The van der Waals surface area contributed by atoms with E-state index in [9.17, 15) is 5.26 Å². The van der Waals surface area contributed by atoms with Crippen LogP contribution >= 0.6 is 0 Å². The Kier molecular flexibility index (Phi) is 7.09. The standard InChI is InChI=1S/C50H32N2O/c51-33-34-22-26-38(27-23-34)52(39-28-24-35(25-29-39)41-18-11-19-45-44-17-8-10-21-48(44)53-49(41)45)40-30-31-43-42-16-7-9-20-46(42)50(47(43)32-40,36-12-3-1-4-13-36)37-14-5-2-6-15-37/h1-32H. The van der Waals surface area contributed by atoms with Gasteiger partial charge in [0.15, 0.2) is 0 Å². The number of hydrogen-bond donors (Lipinski definition) is 0. The van der Waals surface area contributed by atoms with Crippen molar-refractivity contribution in [2.45, 2.75) is 5.41 Å². The lowest BCUT2D eigenvalue weighted by molar-refractivity contribution is 0.670. The molecule has 1 aromatic heterocycles. The third-order valence-electron chi connectivity index (χ3n) is 10.8. The van der Waals surface area contributed by atoms with Gasteiger partial charge in [-0.15, -0.1) is 0 Å². The van der Waals surface area contributed by atoms with Gasteiger partial charge in [0.25, 0.3) is 0 Å². The first-order valence-electron chi connectivity index (χ1n) is 17.9. The zero-order valence-electron chi connectivity index (χ0n) is 28.8. The van der Waals surface area contributed by atoms with Crippen LogP contribution in [0.2, 0.25) is 0 Å². The molecule has 0 saturated heterocycles. The van der Waals surface area contributed by atoms with Crippen molar-refractivity contribution in [1.82, 2.24) is 0 Å². The van der Waals surface area contributed by atoms with Crippen LogP contribution in [0.4, 0.5) is 17.1 Å². The fraction of sp³-hybridized carbons (Fsp3) is 0.0200. The second-order valence-electron chi connectivity index (χ2n) is 13.6. The molecule has 0 fully saturated rings. The maximum atomic E-state index is 9.66. The highest BCUT2D eigenvalue weighted by Gasteiger charge is 2.46. The molecule has 0 radical (unpaired) electrons. The van der Waals surface area contributed by atoms with E-state index >= 15 is 0 Å². The van der Waals surface area contributed by atoms with Gasteiger partial charge in [-0.05, 0) is 93.5 Å². The Labute approximate surface area is 308 Å². The minimum absolute atomic E-state index is 0.518. The predicted octanol–water partition coefficient (Wildman–Crippen LogP) is 13.0. The van der Waals surface area contributed by atoms with Crippen LogP contribution in [0.25, 0.3) is 44.2 Å². The molecular weight excluding hydrogens is 645 g/mol. The number of para-hydroxylation sites is 2. The SMILES string of the molecule is N#Cc1ccc(N(c2ccc(-c3cccc4c3oc3ccccc34)cc2)c2ccc3c(c2)C(c2ccccc2)(c2ccccc2)c2ccccc2-3)cc1. The summed E-state index contributed by atoms with van der Waals surface area (Å²) in [5.41, 5.74) is 14.5. The van der Waals surface area contributed by atoms with Crippen molar-refractivity contribution < 1.29 is 4.42 Å². The van der Waals surface area contributed by atoms with E-state index in [4.69, 9.17) is 4.42 Å². The Hall–Kier alpha value is -7.15. The van der Waals surface area contributed by atoms with E-state index in [2.05, 4.69) is 169 Å². The zero-order chi connectivity index (χ0) is 35.4. The summed E-state index contributed by atoms with van der Waals surface area (Å²) in [6.07, 6.45) is 0. The van der Waals surface area contributed by atoms with Gasteiger partial charge < -0.3 is 9.32 Å². The fourth-order valence-corrected chi connectivity index (χ4v) is 8.47. The summed E-state index contributed by atoms with van der Waals surface area (Å²) < 4.78 is 6.40. The van der Waals surface area contributed by atoms with Crippen molar-refractivity contribution in [2.75, 3.05) is 4.90 Å². The van der Waals surface area contributed by atoms with E-state index in [1.54, 1.807) is 0 Å². The molecular formula is C50H32N2O. The van der Waals surface area contributed by atoms with Gasteiger partial charge in [-0.2, -0.15) is 5.26 Å². The highest BCUT2D eigenvalue weighted by molar-refractivity contribution is 6.09. The molecule has 248 valence electrons. The number of furan rings is 1. The number of nitriles is 1. The van der Waals surface area contributed by atoms with Gasteiger partial charge in [0.05, 0.1) is 17.0 Å². The van der Waals surface area contributed by atoms with Crippen LogP contribution in [0.3, 0.4) is 0 Å². The second-order valence-corrected chi connectivity index (χ2v) is 13.6. The molecule has 0 N–H and O–H groups in total. The Morgan fingerprint density at radius 3 is 1.74 bits per heavy atom. The minimum atomic E-state index is -0.518. The quantitative estimate of drug-likeness (QED) is 0.176. The van der Waals surface area contributed by atoms with Crippen molar-refractivity contribution >= 4 is 39.0 Å². The van der Waals surface area contributed by atoms with Crippen molar-refractivity contribution in [3.63, 3.8) is 0 Å². The molecule has 0 spiro atoms. The van der Waals surface area contributed by atoms with Gasteiger partial charge in [-0.3, -0.25) is 0 Å². The highest BCUT2D eigenvalue weighted by atomic mass is 16.3. The van der Waals surface area contributed by atoms with Crippen LogP contribution in [-0.4, -0.2) is 0 Å². The molecule has 3 heteroatoms. The number of benzene rings is 8. The fourth-order valence-electron chi connectivity index (χ4n) is 8.47. The summed E-state index contributed by atoms with van der Waals surface area (Å²) in [4.78, 5) is 2.29. The molecule has 10 rings (SSSR count). The predicted molar refractivity (Wildman–Crippen MR) is 216 cm³/mol. The van der Waals surface area contributed by atoms with E-state index in [0.717, 1.165) is 50.1 Å². The van der Waals surface area contributed by atoms with Crippen molar-refractivity contribution in [2.24, 2.45) is 0 Å². The molecule has 8 aromatic carbocycles. The van der Waals surface area contributed by atoms with Gasteiger partial charge in [0, 0.05) is 33.4 Å². The van der Waals surface area contributed by atoms with E-state index in [0.29, 0.717) is 5.56 Å². The number of rotatable bonds is 6. The van der Waals surface area contributed by atoms with Crippen LogP contribution in [0.1, 0.15) is 27.8 Å². The molecule has 9 aromatic rings. The number of fused-ring (bicyclic) bond motifs is 6. The third-order valence-corrected chi connectivity index (χ3v) is 10.8. The first-order valence-corrected chi connectivity index (χ1v) is 17.9. The van der Waals surface area contributed by atoms with E-state index < -0.39 is 5.41 Å². The van der Waals surface area contributed by atoms with Crippen molar-refractivity contribution in [3.05, 3.63) is 222 Å². The first-order chi connectivity index (χ1) is 26.2. The normalized spacial score (nSPS) is 12.7. The average Bonchev–Trinajstić information content (AvgIpc) is 3.76. The monoisotopic (exact) mass is 676 g/mol. The summed E-state index contributed by atoms with van der Waals surface area (Å²) in [7, 11) is 0. The van der Waals surface area contributed by atoms with Gasteiger partial charge in [-0.1, -0.05) is 140 Å². The molecule has 0 saturated carbocycles. The minimum Gasteiger partial charge on any atom is -0.455 e. The molecule has 1 aliphatic rings. The number of hydrogen-bond acceptors (Lipinski definition) is 3. The second kappa shape index (κ2) is 12.3. The molecule has 1 aliphatic carbocycles. The Morgan fingerprint density at radius 1 is 0.453 bits per heavy atom. The largest absolute Gasteiger partial charge is 0.455 e. The van der Waals surface area contributed by atoms with E-state index in [1.807, 2.05) is 36.4 Å². The van der Waals surface area contributed by atoms with Gasteiger partial charge >= 0.3 is 0 Å². The van der Waals surface area contributed by atoms with E-state index in [1.165, 1.54) is 33.4 Å². The van der Waals surface area contributed by atoms with Crippen LogP contribution in [0.5, 0.6) is 0 Å².